The fourth-order valence-electron chi connectivity index (χ4n) is 2.86. The molecule has 0 aliphatic carbocycles. The number of nitrogens with one attached hydrogen (secondary N) is 2. The quantitative estimate of drug-likeness (QED) is 0.312. The Labute approximate surface area is 191 Å². The van der Waals surface area contributed by atoms with Gasteiger partial charge >= 0.3 is 0 Å². The van der Waals surface area contributed by atoms with E-state index in [9.17, 15) is 8.42 Å². The molecular formula is C21H31IN4O2S. The number of guanidine groups is 1. The number of aryl methyl sites for hydroxylation is 1. The minimum atomic E-state index is -3.29. The molecule has 0 fully saturated rings. The average molecular weight is 530 g/mol. The molecule has 0 spiro atoms. The molecule has 0 saturated heterocycles. The summed E-state index contributed by atoms with van der Waals surface area (Å²) in [7, 11) is 0.157. The van der Waals surface area contributed by atoms with Crippen molar-refractivity contribution < 1.29 is 8.42 Å². The predicted molar refractivity (Wildman–Crippen MR) is 131 cm³/mol. The van der Waals surface area contributed by atoms with Crippen LogP contribution in [-0.2, 0) is 28.9 Å². The highest BCUT2D eigenvalue weighted by Crippen LogP contribution is 2.12. The molecular weight excluding hydrogens is 499 g/mol. The molecule has 0 unspecified atom stereocenters. The summed E-state index contributed by atoms with van der Waals surface area (Å²) in [5.74, 6) is 0.785. The Morgan fingerprint density at radius 1 is 1.10 bits per heavy atom. The lowest BCUT2D eigenvalue weighted by Crippen LogP contribution is -2.38. The fraction of sp³-hybridized carbons (Fsp3) is 0.381. The zero-order chi connectivity index (χ0) is 20.6. The third kappa shape index (κ3) is 8.31. The van der Waals surface area contributed by atoms with Gasteiger partial charge in [-0.05, 0) is 43.1 Å². The first-order valence-electron chi connectivity index (χ1n) is 9.37. The van der Waals surface area contributed by atoms with Gasteiger partial charge < -0.3 is 10.2 Å². The molecule has 0 amide bonds. The molecule has 0 aromatic heterocycles. The minimum absolute atomic E-state index is 0. The van der Waals surface area contributed by atoms with Gasteiger partial charge in [-0.2, -0.15) is 0 Å². The van der Waals surface area contributed by atoms with Gasteiger partial charge in [-0.3, -0.25) is 0 Å². The molecule has 2 rings (SSSR count). The molecule has 160 valence electrons. The van der Waals surface area contributed by atoms with Gasteiger partial charge in [-0.25, -0.2) is 18.1 Å². The smallest absolute Gasteiger partial charge is 0.215 e. The number of rotatable bonds is 8. The summed E-state index contributed by atoms with van der Waals surface area (Å²) in [5, 5.41) is 3.32. The molecule has 0 heterocycles. The van der Waals surface area contributed by atoms with E-state index < -0.39 is 10.0 Å². The lowest BCUT2D eigenvalue weighted by Gasteiger charge is -2.23. The van der Waals surface area contributed by atoms with Crippen LogP contribution in [0.3, 0.4) is 0 Å². The largest absolute Gasteiger partial charge is 0.357 e. The number of nitrogens with zero attached hydrogens (tertiary/aromatic N) is 2. The van der Waals surface area contributed by atoms with Gasteiger partial charge in [0.2, 0.25) is 10.0 Å². The van der Waals surface area contributed by atoms with Crippen LogP contribution in [0.4, 0.5) is 0 Å². The van der Waals surface area contributed by atoms with Gasteiger partial charge in [0.15, 0.2) is 5.96 Å². The van der Waals surface area contributed by atoms with Gasteiger partial charge in [0.25, 0.3) is 0 Å². The van der Waals surface area contributed by atoms with E-state index in [0.29, 0.717) is 6.54 Å². The van der Waals surface area contributed by atoms with E-state index in [1.807, 2.05) is 50.4 Å². The Bertz CT molecular complexity index is 916. The molecule has 2 aromatic rings. The molecule has 0 bridgehead atoms. The van der Waals surface area contributed by atoms with Crippen molar-refractivity contribution in [2.45, 2.75) is 32.7 Å². The van der Waals surface area contributed by atoms with Crippen molar-refractivity contribution in [2.75, 3.05) is 20.6 Å². The first-order valence-corrected chi connectivity index (χ1v) is 11.0. The van der Waals surface area contributed by atoms with Gasteiger partial charge in [0.05, 0.1) is 12.3 Å². The Morgan fingerprint density at radius 3 is 2.45 bits per heavy atom. The van der Waals surface area contributed by atoms with Crippen molar-refractivity contribution in [2.24, 2.45) is 4.99 Å². The molecule has 6 nitrogen and oxygen atoms in total. The highest BCUT2D eigenvalue weighted by Gasteiger charge is 2.10. The van der Waals surface area contributed by atoms with Crippen LogP contribution in [0.15, 0.2) is 53.5 Å². The van der Waals surface area contributed by atoms with E-state index in [0.717, 1.165) is 30.2 Å². The van der Waals surface area contributed by atoms with Crippen LogP contribution < -0.4 is 10.0 Å². The van der Waals surface area contributed by atoms with Crippen molar-refractivity contribution >= 4 is 40.0 Å². The fourth-order valence-corrected chi connectivity index (χ4v) is 3.63. The Balaban J connectivity index is 0.00000420. The molecule has 0 aliphatic rings. The van der Waals surface area contributed by atoms with Crippen molar-refractivity contribution in [3.63, 3.8) is 0 Å². The van der Waals surface area contributed by atoms with E-state index in [2.05, 4.69) is 34.0 Å². The molecule has 0 atom stereocenters. The second-order valence-electron chi connectivity index (χ2n) is 6.74. The monoisotopic (exact) mass is 530 g/mol. The van der Waals surface area contributed by atoms with Crippen LogP contribution in [-0.4, -0.2) is 39.9 Å². The number of sulfonamides is 1. The van der Waals surface area contributed by atoms with Crippen LogP contribution in [0.5, 0.6) is 0 Å². The maximum absolute atomic E-state index is 11.8. The summed E-state index contributed by atoms with van der Waals surface area (Å²) in [4.78, 5) is 6.83. The first kappa shape index (κ1) is 25.4. The van der Waals surface area contributed by atoms with Gasteiger partial charge in [-0.1, -0.05) is 48.5 Å². The standard InChI is InChI=1S/C21H30N4O2S.HI/c1-5-23-21(25(4)15-20-12-7-6-9-17(20)2)24-14-18-10-8-11-19(13-18)16-28(26,27)22-3;/h6-13,22H,5,14-16H2,1-4H3,(H,23,24);1H. The topological polar surface area (TPSA) is 73.8 Å². The number of halogens is 1. The second-order valence-corrected chi connectivity index (χ2v) is 8.66. The molecule has 8 heteroatoms. The summed E-state index contributed by atoms with van der Waals surface area (Å²) >= 11 is 0. The molecule has 0 saturated carbocycles. The van der Waals surface area contributed by atoms with E-state index >= 15 is 0 Å². The van der Waals surface area contributed by atoms with E-state index in [1.54, 1.807) is 0 Å². The van der Waals surface area contributed by atoms with Gasteiger partial charge in [0, 0.05) is 20.1 Å². The molecule has 2 aromatic carbocycles. The Kier molecular flexibility index (Phi) is 10.6. The molecule has 29 heavy (non-hydrogen) atoms. The number of aliphatic imine (C=N–C) groups is 1. The van der Waals surface area contributed by atoms with Crippen molar-refractivity contribution in [3.05, 3.63) is 70.8 Å². The lowest BCUT2D eigenvalue weighted by molar-refractivity contribution is 0.475. The van der Waals surface area contributed by atoms with Crippen LogP contribution >= 0.6 is 24.0 Å². The lowest BCUT2D eigenvalue weighted by atomic mass is 10.1. The van der Waals surface area contributed by atoms with Crippen LogP contribution in [0, 0.1) is 6.92 Å². The van der Waals surface area contributed by atoms with E-state index in [1.165, 1.54) is 18.2 Å². The van der Waals surface area contributed by atoms with Crippen molar-refractivity contribution in [1.82, 2.24) is 14.9 Å². The van der Waals surface area contributed by atoms with E-state index in [4.69, 9.17) is 4.99 Å². The van der Waals surface area contributed by atoms with Crippen LogP contribution in [0.25, 0.3) is 0 Å². The maximum Gasteiger partial charge on any atom is 0.215 e. The second kappa shape index (κ2) is 12.1. The summed E-state index contributed by atoms with van der Waals surface area (Å²) in [5.41, 5.74) is 4.24. The number of benzene rings is 2. The Hall–Kier alpha value is -1.65. The number of hydrogen-bond donors (Lipinski definition) is 2. The minimum Gasteiger partial charge on any atom is -0.357 e. The third-order valence-electron chi connectivity index (χ3n) is 4.44. The van der Waals surface area contributed by atoms with E-state index in [-0.39, 0.29) is 29.7 Å². The van der Waals surface area contributed by atoms with Gasteiger partial charge in [-0.15, -0.1) is 24.0 Å². The van der Waals surface area contributed by atoms with Crippen LogP contribution in [0.1, 0.15) is 29.2 Å². The maximum atomic E-state index is 11.8. The van der Waals surface area contributed by atoms with Crippen molar-refractivity contribution in [1.29, 1.82) is 0 Å². The average Bonchev–Trinajstić information content (AvgIpc) is 2.67. The summed E-state index contributed by atoms with van der Waals surface area (Å²) in [6.07, 6.45) is 0. The normalized spacial score (nSPS) is 11.7. The van der Waals surface area contributed by atoms with Crippen molar-refractivity contribution in [3.8, 4) is 0 Å². The molecule has 0 radical (unpaired) electrons. The highest BCUT2D eigenvalue weighted by molar-refractivity contribution is 14.0. The van der Waals surface area contributed by atoms with Crippen LogP contribution in [0.2, 0.25) is 0 Å². The summed E-state index contributed by atoms with van der Waals surface area (Å²) < 4.78 is 25.9. The SMILES string of the molecule is CCNC(=NCc1cccc(CS(=O)(=O)NC)c1)N(C)Cc1ccccc1C.I. The zero-order valence-corrected chi connectivity index (χ0v) is 20.6. The summed E-state index contributed by atoms with van der Waals surface area (Å²) in [6, 6.07) is 15.9. The summed E-state index contributed by atoms with van der Waals surface area (Å²) in [6.45, 7) is 6.17. The number of hydrogen-bond acceptors (Lipinski definition) is 3. The predicted octanol–water partition coefficient (Wildman–Crippen LogP) is 3.26. The zero-order valence-electron chi connectivity index (χ0n) is 17.5. The first-order chi connectivity index (χ1) is 13.3. The van der Waals surface area contributed by atoms with Gasteiger partial charge in [0.1, 0.15) is 0 Å². The third-order valence-corrected chi connectivity index (χ3v) is 5.77. The molecule has 0 aliphatic heterocycles. The Morgan fingerprint density at radius 2 is 1.79 bits per heavy atom. The highest BCUT2D eigenvalue weighted by atomic mass is 127. The molecule has 2 N–H and O–H groups in total.